The highest BCUT2D eigenvalue weighted by atomic mass is 32.1. The number of nitrogens with zero attached hydrogens (tertiary/aromatic N) is 4. The summed E-state index contributed by atoms with van der Waals surface area (Å²) in [6, 6.07) is 20.5. The molecule has 1 aliphatic heterocycles. The van der Waals surface area contributed by atoms with Gasteiger partial charge in [0.1, 0.15) is 23.7 Å². The number of hydrogen-bond acceptors (Lipinski definition) is 13. The van der Waals surface area contributed by atoms with Crippen molar-refractivity contribution in [2.75, 3.05) is 32.6 Å². The number of unbranched alkanes of at least 4 members (excludes halogenated alkanes) is 1. The number of β-amino-alcohol motifs (C(OH)–C–C–N with tert-alkyl or cyclic N) is 1. The van der Waals surface area contributed by atoms with E-state index in [0.717, 1.165) is 39.1 Å². The van der Waals surface area contributed by atoms with Gasteiger partial charge in [0, 0.05) is 48.8 Å². The van der Waals surface area contributed by atoms with Crippen LogP contribution in [0, 0.1) is 19.3 Å². The fourth-order valence-electron chi connectivity index (χ4n) is 8.36. The van der Waals surface area contributed by atoms with E-state index in [-0.39, 0.29) is 43.8 Å². The minimum absolute atomic E-state index is 0.00250. The monoisotopic (exact) mass is 946 g/mol. The Labute approximate surface area is 400 Å². The molecule has 0 unspecified atom stereocenters. The zero-order valence-corrected chi connectivity index (χ0v) is 41.2. The molecular weight excluding hydrogens is 885 g/mol. The molecular formula is C51H62N8O6S2. The van der Waals surface area contributed by atoms with Crippen LogP contribution in [0.3, 0.4) is 0 Å². The third-order valence-electron chi connectivity index (χ3n) is 12.0. The van der Waals surface area contributed by atoms with Crippen molar-refractivity contribution in [3.05, 3.63) is 105 Å². The third kappa shape index (κ3) is 12.0. The van der Waals surface area contributed by atoms with Gasteiger partial charge in [-0.3, -0.25) is 14.4 Å². The number of ether oxygens (including phenoxy) is 2. The molecule has 0 radical (unpaired) electrons. The van der Waals surface area contributed by atoms with E-state index in [1.807, 2.05) is 83.6 Å². The lowest BCUT2D eigenvalue weighted by Gasteiger charge is -2.35. The third-order valence-corrected chi connectivity index (χ3v) is 14.0. The number of hydrogen-bond donors (Lipinski definition) is 5. The number of anilines is 1. The molecule has 3 aromatic heterocycles. The van der Waals surface area contributed by atoms with Gasteiger partial charge in [-0.1, -0.05) is 69.3 Å². The van der Waals surface area contributed by atoms with Gasteiger partial charge in [0.2, 0.25) is 17.7 Å². The van der Waals surface area contributed by atoms with Gasteiger partial charge in [-0.15, -0.1) is 22.7 Å². The maximum atomic E-state index is 14.2. The van der Waals surface area contributed by atoms with Crippen LogP contribution < -0.4 is 30.7 Å². The number of aliphatic hydroxyl groups excluding tert-OH is 1. The highest BCUT2D eigenvalue weighted by molar-refractivity contribution is 7.13. The SMILES string of the molecule is CNCc1ccccc1-c1csc([C@@H](C)Nc2nc(C)nc3cc(OC)c(OCCCCC(=O)N[C@H](C(=O)N4C[C@H](O)C[C@H]4C(=O)NCc4ccc(-c5scnc5C)cc4)C(C)(C)C)cc23)c1. The van der Waals surface area contributed by atoms with E-state index in [0.29, 0.717) is 42.6 Å². The van der Waals surface area contributed by atoms with E-state index in [1.165, 1.54) is 26.5 Å². The van der Waals surface area contributed by atoms with Gasteiger partial charge in [0.05, 0.1) is 47.5 Å². The molecule has 4 heterocycles. The maximum Gasteiger partial charge on any atom is 0.246 e. The number of rotatable bonds is 19. The van der Waals surface area contributed by atoms with E-state index in [9.17, 15) is 19.5 Å². The average molecular weight is 947 g/mol. The number of aryl methyl sites for hydroxylation is 2. The lowest BCUT2D eigenvalue weighted by atomic mass is 9.85. The number of nitrogens with one attached hydrogen (secondary N) is 4. The summed E-state index contributed by atoms with van der Waals surface area (Å²) in [5.41, 5.74) is 8.43. The van der Waals surface area contributed by atoms with E-state index in [2.05, 4.69) is 68.9 Å². The van der Waals surface area contributed by atoms with Crippen molar-refractivity contribution in [2.45, 2.75) is 105 Å². The van der Waals surface area contributed by atoms with Gasteiger partial charge in [-0.2, -0.15) is 0 Å². The van der Waals surface area contributed by atoms with Crippen LogP contribution in [0.15, 0.2) is 77.6 Å². The van der Waals surface area contributed by atoms with Crippen LogP contribution in [-0.2, 0) is 27.5 Å². The molecule has 3 amide bonds. The van der Waals surface area contributed by atoms with Crippen molar-refractivity contribution in [1.82, 2.24) is 35.8 Å². The van der Waals surface area contributed by atoms with Crippen molar-refractivity contribution in [3.8, 4) is 33.1 Å². The lowest BCUT2D eigenvalue weighted by Crippen LogP contribution is -2.57. The Morgan fingerprint density at radius 2 is 1.73 bits per heavy atom. The Morgan fingerprint density at radius 3 is 2.45 bits per heavy atom. The number of thiazole rings is 1. The number of carbonyl (C=O) groups excluding carboxylic acids is 3. The first-order valence-electron chi connectivity index (χ1n) is 22.8. The molecule has 1 fully saturated rings. The van der Waals surface area contributed by atoms with Crippen molar-refractivity contribution >= 4 is 57.1 Å². The fraction of sp³-hybridized carbons (Fsp3) is 0.412. The standard InChI is InChI=1S/C51H62N8O6S2/c1-30(44-21-36(28-66-44)38-14-10-9-13-35(38)26-52-7)55-48-39-23-43(42(64-8)24-40(39)56-32(3)57-48)65-20-12-11-15-45(61)58-47(51(4,5)6)50(63)59-27-37(60)22-41(59)49(62)53-25-33-16-18-34(19-17-33)46-31(2)54-29-67-46/h9-10,13-14,16-19,21,23-24,28-30,37,41,47,52,60H,11-12,15,20,22,25-27H2,1-8H3,(H,53,62)(H,58,61)(H,55,56,57)/t30-,37-,41+,47-/m1/s1. The van der Waals surface area contributed by atoms with E-state index >= 15 is 0 Å². The predicted octanol–water partition coefficient (Wildman–Crippen LogP) is 8.36. The Hall–Kier alpha value is -5.94. The Balaban J connectivity index is 0.932. The summed E-state index contributed by atoms with van der Waals surface area (Å²) < 4.78 is 12.0. The van der Waals surface area contributed by atoms with Crippen molar-refractivity contribution in [1.29, 1.82) is 0 Å². The normalized spacial score (nSPS) is 15.9. The minimum Gasteiger partial charge on any atom is -0.493 e. The first-order valence-corrected chi connectivity index (χ1v) is 24.5. The van der Waals surface area contributed by atoms with Gasteiger partial charge in [-0.25, -0.2) is 15.0 Å². The number of thiophene rings is 1. The molecule has 1 saturated heterocycles. The molecule has 0 spiro atoms. The van der Waals surface area contributed by atoms with Crippen LogP contribution in [-0.4, -0.2) is 88.2 Å². The Morgan fingerprint density at radius 1 is 0.955 bits per heavy atom. The Kier molecular flexibility index (Phi) is 15.9. The van der Waals surface area contributed by atoms with Crippen LogP contribution in [0.5, 0.6) is 11.5 Å². The van der Waals surface area contributed by atoms with E-state index < -0.39 is 29.5 Å². The van der Waals surface area contributed by atoms with Crippen molar-refractivity contribution in [3.63, 3.8) is 0 Å². The number of methoxy groups -OCH3 is 1. The molecule has 0 aliphatic carbocycles. The number of amides is 3. The lowest BCUT2D eigenvalue weighted by molar-refractivity contribution is -0.144. The second kappa shape index (κ2) is 21.8. The predicted molar refractivity (Wildman–Crippen MR) is 266 cm³/mol. The number of benzene rings is 3. The Bertz CT molecular complexity index is 2680. The van der Waals surface area contributed by atoms with Crippen LogP contribution in [0.1, 0.15) is 86.9 Å². The summed E-state index contributed by atoms with van der Waals surface area (Å²) in [5.74, 6) is 1.34. The molecule has 3 aromatic carbocycles. The van der Waals surface area contributed by atoms with Crippen LogP contribution in [0.2, 0.25) is 0 Å². The van der Waals surface area contributed by atoms with Crippen LogP contribution in [0.4, 0.5) is 5.82 Å². The first kappa shape index (κ1) is 49.0. The molecule has 5 N–H and O–H groups in total. The number of aromatic nitrogens is 3. The number of likely N-dealkylation sites (tertiary alicyclic amines) is 1. The quantitative estimate of drug-likeness (QED) is 0.0493. The molecule has 14 nitrogen and oxygen atoms in total. The first-order chi connectivity index (χ1) is 32.1. The number of aliphatic hydroxyl groups is 1. The molecule has 16 heteroatoms. The van der Waals surface area contributed by atoms with Crippen LogP contribution >= 0.6 is 22.7 Å². The summed E-state index contributed by atoms with van der Waals surface area (Å²) >= 11 is 3.28. The molecule has 6 aromatic rings. The number of fused-ring (bicyclic) bond motifs is 1. The molecule has 4 atom stereocenters. The largest absolute Gasteiger partial charge is 0.493 e. The van der Waals surface area contributed by atoms with E-state index in [1.54, 1.807) is 29.8 Å². The summed E-state index contributed by atoms with van der Waals surface area (Å²) in [4.78, 5) is 58.6. The van der Waals surface area contributed by atoms with Crippen molar-refractivity contribution in [2.24, 2.45) is 5.41 Å². The summed E-state index contributed by atoms with van der Waals surface area (Å²) in [6.45, 7) is 12.9. The maximum absolute atomic E-state index is 14.2. The molecule has 354 valence electrons. The van der Waals surface area contributed by atoms with Gasteiger partial charge < -0.3 is 40.7 Å². The highest BCUT2D eigenvalue weighted by Gasteiger charge is 2.44. The summed E-state index contributed by atoms with van der Waals surface area (Å²) in [6.07, 6.45) is 0.471. The topological polar surface area (TPSA) is 180 Å². The zero-order valence-electron chi connectivity index (χ0n) is 39.6. The van der Waals surface area contributed by atoms with Crippen LogP contribution in [0.25, 0.3) is 32.5 Å². The van der Waals surface area contributed by atoms with E-state index in [4.69, 9.17) is 19.4 Å². The fourth-order valence-corrected chi connectivity index (χ4v) is 10.1. The zero-order chi connectivity index (χ0) is 47.8. The average Bonchev–Trinajstić information content (AvgIpc) is 4.07. The summed E-state index contributed by atoms with van der Waals surface area (Å²) in [5, 5.41) is 26.4. The minimum atomic E-state index is -0.917. The second-order valence-corrected chi connectivity index (χ2v) is 20.0. The number of carbonyl (C=O) groups is 3. The van der Waals surface area contributed by atoms with Crippen molar-refractivity contribution < 1.29 is 29.0 Å². The summed E-state index contributed by atoms with van der Waals surface area (Å²) in [7, 11) is 3.54. The van der Waals surface area contributed by atoms with Gasteiger partial charge in [0.15, 0.2) is 11.5 Å². The smallest absolute Gasteiger partial charge is 0.246 e. The molecule has 67 heavy (non-hydrogen) atoms. The highest BCUT2D eigenvalue weighted by Crippen LogP contribution is 2.38. The van der Waals surface area contributed by atoms with Gasteiger partial charge in [0.25, 0.3) is 0 Å². The molecule has 7 rings (SSSR count). The molecule has 0 saturated carbocycles. The molecule has 1 aliphatic rings. The molecule has 0 bridgehead atoms. The van der Waals surface area contributed by atoms with Gasteiger partial charge >= 0.3 is 0 Å². The van der Waals surface area contributed by atoms with Gasteiger partial charge in [-0.05, 0) is 91.4 Å². The second-order valence-electron chi connectivity index (χ2n) is 18.2.